The minimum Gasteiger partial charge on any atom is -0.493 e. The number of hydrogen-bond donors (Lipinski definition) is 0. The molecule has 2 aliphatic heterocycles. The van der Waals surface area contributed by atoms with Crippen molar-refractivity contribution in [2.75, 3.05) is 20.2 Å². The Balaban J connectivity index is 1.84. The summed E-state index contributed by atoms with van der Waals surface area (Å²) in [6.07, 6.45) is 3.97. The van der Waals surface area contributed by atoms with Crippen LogP contribution in [0.25, 0.3) is 0 Å². The molecular weight excluding hydrogens is 234 g/mol. The Hall–Kier alpha value is -1.02. The van der Waals surface area contributed by atoms with Crippen molar-refractivity contribution in [1.82, 2.24) is 4.90 Å². The van der Waals surface area contributed by atoms with Crippen molar-refractivity contribution >= 4 is 0 Å². The van der Waals surface area contributed by atoms with Crippen LogP contribution in [0.4, 0.5) is 0 Å². The topological polar surface area (TPSA) is 12.5 Å². The van der Waals surface area contributed by atoms with Crippen LogP contribution in [-0.2, 0) is 0 Å². The van der Waals surface area contributed by atoms with E-state index < -0.39 is 0 Å². The van der Waals surface area contributed by atoms with E-state index in [-0.39, 0.29) is 0 Å². The molecule has 0 aromatic heterocycles. The highest BCUT2D eigenvalue weighted by atomic mass is 16.5. The van der Waals surface area contributed by atoms with Gasteiger partial charge in [0.1, 0.15) is 5.75 Å². The summed E-state index contributed by atoms with van der Waals surface area (Å²) in [4.78, 5) is 2.52. The highest BCUT2D eigenvalue weighted by Gasteiger charge is 2.32. The smallest absolute Gasteiger partial charge is 0.123 e. The van der Waals surface area contributed by atoms with Gasteiger partial charge in [-0.3, -0.25) is 0 Å². The van der Waals surface area contributed by atoms with Crippen molar-refractivity contribution in [3.8, 4) is 5.75 Å². The second-order valence-corrected chi connectivity index (χ2v) is 6.43. The Morgan fingerprint density at radius 3 is 2.89 bits per heavy atom. The summed E-state index contributed by atoms with van der Waals surface area (Å²) in [5.41, 5.74) is 2.98. The number of likely N-dealkylation sites (tertiary alicyclic amines) is 1. The second-order valence-electron chi connectivity index (χ2n) is 6.43. The average Bonchev–Trinajstić information content (AvgIpc) is 2.97. The molecule has 1 fully saturated rings. The first kappa shape index (κ1) is 13.0. The lowest BCUT2D eigenvalue weighted by molar-refractivity contribution is 0.256. The highest BCUT2D eigenvalue weighted by Crippen LogP contribution is 2.42. The van der Waals surface area contributed by atoms with E-state index in [0.717, 1.165) is 18.4 Å². The monoisotopic (exact) mass is 259 g/mol. The maximum absolute atomic E-state index is 5.93. The minimum atomic E-state index is 0.584. The molecule has 1 aromatic carbocycles. The fraction of sp³-hybridized carbons (Fsp3) is 0.647. The summed E-state index contributed by atoms with van der Waals surface area (Å²) >= 11 is 0. The number of ether oxygens (including phenoxy) is 1. The molecule has 2 heterocycles. The third-order valence-corrected chi connectivity index (χ3v) is 4.80. The van der Waals surface area contributed by atoms with E-state index in [2.05, 4.69) is 44.0 Å². The van der Waals surface area contributed by atoms with Crippen molar-refractivity contribution in [2.24, 2.45) is 0 Å². The van der Waals surface area contributed by atoms with Gasteiger partial charge in [-0.1, -0.05) is 26.0 Å². The lowest BCUT2D eigenvalue weighted by atomic mass is 9.86. The van der Waals surface area contributed by atoms with E-state index in [0.29, 0.717) is 11.8 Å². The zero-order valence-electron chi connectivity index (χ0n) is 12.4. The predicted octanol–water partition coefficient (Wildman–Crippen LogP) is 3.77. The second kappa shape index (κ2) is 5.16. The third kappa shape index (κ3) is 2.38. The molecular formula is C17H25NO. The molecule has 2 nitrogen and oxygen atoms in total. The van der Waals surface area contributed by atoms with Crippen LogP contribution in [0.15, 0.2) is 18.2 Å². The zero-order valence-corrected chi connectivity index (χ0v) is 12.4. The summed E-state index contributed by atoms with van der Waals surface area (Å²) < 4.78 is 5.93. The first-order valence-electron chi connectivity index (χ1n) is 7.62. The maximum Gasteiger partial charge on any atom is 0.123 e. The largest absolute Gasteiger partial charge is 0.493 e. The Morgan fingerprint density at radius 2 is 2.21 bits per heavy atom. The fourth-order valence-corrected chi connectivity index (χ4v) is 3.69. The van der Waals surface area contributed by atoms with E-state index in [1.807, 2.05) is 0 Å². The summed E-state index contributed by atoms with van der Waals surface area (Å²) in [7, 11) is 2.27. The Bertz CT molecular complexity index is 455. The molecule has 2 heteroatoms. The molecule has 19 heavy (non-hydrogen) atoms. The molecule has 0 aliphatic carbocycles. The SMILES string of the molecule is CC(C)c1cccc2c1[C@H](C[C@H]1CCCN1C)CO2. The van der Waals surface area contributed by atoms with Crippen LogP contribution >= 0.6 is 0 Å². The van der Waals surface area contributed by atoms with Crippen molar-refractivity contribution in [3.05, 3.63) is 29.3 Å². The minimum absolute atomic E-state index is 0.584. The molecule has 0 unspecified atom stereocenters. The lowest BCUT2D eigenvalue weighted by Gasteiger charge is -2.23. The third-order valence-electron chi connectivity index (χ3n) is 4.80. The van der Waals surface area contributed by atoms with Gasteiger partial charge in [-0.25, -0.2) is 0 Å². The Labute approximate surface area is 116 Å². The molecule has 1 aromatic rings. The Morgan fingerprint density at radius 1 is 1.37 bits per heavy atom. The van der Waals surface area contributed by atoms with E-state index in [1.165, 1.54) is 36.9 Å². The number of nitrogens with zero attached hydrogens (tertiary/aromatic N) is 1. The van der Waals surface area contributed by atoms with Gasteiger partial charge in [0.15, 0.2) is 0 Å². The summed E-state index contributed by atoms with van der Waals surface area (Å²) in [5.74, 6) is 2.32. The van der Waals surface area contributed by atoms with Gasteiger partial charge >= 0.3 is 0 Å². The van der Waals surface area contributed by atoms with E-state index >= 15 is 0 Å². The fourth-order valence-electron chi connectivity index (χ4n) is 3.69. The van der Waals surface area contributed by atoms with Gasteiger partial charge in [0.25, 0.3) is 0 Å². The van der Waals surface area contributed by atoms with Crippen LogP contribution in [0, 0.1) is 0 Å². The van der Waals surface area contributed by atoms with Crippen LogP contribution in [0.2, 0.25) is 0 Å². The van der Waals surface area contributed by atoms with Crippen LogP contribution in [-0.4, -0.2) is 31.1 Å². The number of rotatable bonds is 3. The van der Waals surface area contributed by atoms with Gasteiger partial charge in [0.05, 0.1) is 6.61 Å². The van der Waals surface area contributed by atoms with Crippen molar-refractivity contribution in [1.29, 1.82) is 0 Å². The number of benzene rings is 1. The molecule has 0 saturated carbocycles. The van der Waals surface area contributed by atoms with Gasteiger partial charge < -0.3 is 9.64 Å². The first-order chi connectivity index (χ1) is 9.16. The number of hydrogen-bond acceptors (Lipinski definition) is 2. The molecule has 0 radical (unpaired) electrons. The molecule has 3 rings (SSSR count). The molecule has 0 N–H and O–H groups in total. The summed E-state index contributed by atoms with van der Waals surface area (Å²) in [6, 6.07) is 7.31. The van der Waals surface area contributed by atoms with E-state index in [1.54, 1.807) is 0 Å². The molecule has 0 bridgehead atoms. The van der Waals surface area contributed by atoms with Crippen LogP contribution < -0.4 is 4.74 Å². The quantitative estimate of drug-likeness (QED) is 0.819. The Kier molecular flexibility index (Phi) is 3.53. The molecule has 1 saturated heterocycles. The molecule has 2 aliphatic rings. The van der Waals surface area contributed by atoms with Crippen molar-refractivity contribution in [3.63, 3.8) is 0 Å². The highest BCUT2D eigenvalue weighted by molar-refractivity contribution is 5.47. The maximum atomic E-state index is 5.93. The van der Waals surface area contributed by atoms with Gasteiger partial charge in [-0.05, 0) is 50.4 Å². The van der Waals surface area contributed by atoms with E-state index in [9.17, 15) is 0 Å². The predicted molar refractivity (Wildman–Crippen MR) is 79.0 cm³/mol. The summed E-state index contributed by atoms with van der Waals surface area (Å²) in [5, 5.41) is 0. The van der Waals surface area contributed by atoms with Gasteiger partial charge in [0, 0.05) is 17.5 Å². The zero-order chi connectivity index (χ0) is 13.4. The molecule has 0 spiro atoms. The van der Waals surface area contributed by atoms with Crippen LogP contribution in [0.3, 0.4) is 0 Å². The first-order valence-corrected chi connectivity index (χ1v) is 7.62. The van der Waals surface area contributed by atoms with Crippen LogP contribution in [0.5, 0.6) is 5.75 Å². The average molecular weight is 259 g/mol. The van der Waals surface area contributed by atoms with Gasteiger partial charge in [0.2, 0.25) is 0 Å². The van der Waals surface area contributed by atoms with E-state index in [4.69, 9.17) is 4.74 Å². The van der Waals surface area contributed by atoms with Crippen molar-refractivity contribution in [2.45, 2.75) is 51.0 Å². The molecule has 0 amide bonds. The standard InChI is InChI=1S/C17H25NO/c1-12(2)15-7-4-8-16-17(15)13(11-19-16)10-14-6-5-9-18(14)3/h4,7-8,12-14H,5-6,9-11H2,1-3H3/t13-,14-/m1/s1. The summed E-state index contributed by atoms with van der Waals surface area (Å²) in [6.45, 7) is 6.71. The van der Waals surface area contributed by atoms with Gasteiger partial charge in [-0.15, -0.1) is 0 Å². The van der Waals surface area contributed by atoms with Crippen molar-refractivity contribution < 1.29 is 4.74 Å². The molecule has 104 valence electrons. The lowest BCUT2D eigenvalue weighted by Crippen LogP contribution is -2.27. The molecule has 2 atom stereocenters. The number of fused-ring (bicyclic) bond motifs is 1. The normalized spacial score (nSPS) is 26.7. The van der Waals surface area contributed by atoms with Crippen LogP contribution in [0.1, 0.15) is 56.1 Å². The van der Waals surface area contributed by atoms with Gasteiger partial charge in [-0.2, -0.15) is 0 Å².